The van der Waals surface area contributed by atoms with Crippen LogP contribution in [-0.4, -0.2) is 19.1 Å². The minimum Gasteiger partial charge on any atom is -0.495 e. The normalized spacial score (nSPS) is 11.4. The molecule has 0 aliphatic carbocycles. The van der Waals surface area contributed by atoms with E-state index in [1.165, 1.54) is 0 Å². The zero-order valence-corrected chi connectivity index (χ0v) is 11.0. The van der Waals surface area contributed by atoms with Crippen molar-refractivity contribution in [3.63, 3.8) is 0 Å². The average Bonchev–Trinajstić information content (AvgIpc) is 2.31. The second-order valence-electron chi connectivity index (χ2n) is 3.35. The van der Waals surface area contributed by atoms with Gasteiger partial charge in [-0.15, -0.1) is 12.3 Å². The molecule has 17 heavy (non-hydrogen) atoms. The molecule has 1 atom stereocenters. The fourth-order valence-electron chi connectivity index (χ4n) is 1.19. The lowest BCUT2D eigenvalue weighted by molar-refractivity contribution is -0.117. The highest BCUT2D eigenvalue weighted by molar-refractivity contribution is 9.10. The molecule has 0 aromatic heterocycles. The lowest BCUT2D eigenvalue weighted by atomic mass is 10.2. The molecular formula is C12H13BrN2O2. The summed E-state index contributed by atoms with van der Waals surface area (Å²) in [5, 5.41) is 2.67. The van der Waals surface area contributed by atoms with Crippen molar-refractivity contribution < 1.29 is 9.53 Å². The Balaban J connectivity index is 2.76. The summed E-state index contributed by atoms with van der Waals surface area (Å²) in [5.74, 6) is 2.67. The molecule has 1 unspecified atom stereocenters. The number of hydrogen-bond acceptors (Lipinski definition) is 3. The molecule has 1 aromatic rings. The van der Waals surface area contributed by atoms with Crippen LogP contribution in [0.4, 0.5) is 5.69 Å². The molecule has 1 aromatic carbocycles. The second-order valence-corrected chi connectivity index (χ2v) is 4.21. The molecule has 0 fully saturated rings. The van der Waals surface area contributed by atoms with Gasteiger partial charge in [0, 0.05) is 18.2 Å². The maximum atomic E-state index is 11.6. The number of nitrogens with two attached hydrogens (primary N) is 1. The molecule has 0 aliphatic rings. The summed E-state index contributed by atoms with van der Waals surface area (Å²) in [7, 11) is 1.55. The number of methoxy groups -OCH3 is 1. The molecule has 0 aliphatic heterocycles. The van der Waals surface area contributed by atoms with Crippen molar-refractivity contribution in [1.82, 2.24) is 0 Å². The van der Waals surface area contributed by atoms with E-state index >= 15 is 0 Å². The van der Waals surface area contributed by atoms with Gasteiger partial charge in [0.15, 0.2) is 0 Å². The highest BCUT2D eigenvalue weighted by Crippen LogP contribution is 2.27. The number of amides is 1. The maximum absolute atomic E-state index is 11.6. The molecule has 0 bridgehead atoms. The standard InChI is InChI=1S/C12H13BrN2O2/c1-3-4-10(14)12(16)15-8-5-6-9(13)11(7-8)17-2/h1,5-7,10H,4,14H2,2H3,(H,15,16). The van der Waals surface area contributed by atoms with E-state index in [2.05, 4.69) is 27.2 Å². The van der Waals surface area contributed by atoms with E-state index in [9.17, 15) is 4.79 Å². The van der Waals surface area contributed by atoms with Crippen LogP contribution in [0, 0.1) is 12.3 Å². The molecule has 4 nitrogen and oxygen atoms in total. The van der Waals surface area contributed by atoms with Crippen LogP contribution in [0.25, 0.3) is 0 Å². The van der Waals surface area contributed by atoms with Crippen LogP contribution in [0.5, 0.6) is 5.75 Å². The van der Waals surface area contributed by atoms with Gasteiger partial charge in [-0.1, -0.05) is 0 Å². The Morgan fingerprint density at radius 2 is 2.41 bits per heavy atom. The fourth-order valence-corrected chi connectivity index (χ4v) is 1.60. The zero-order chi connectivity index (χ0) is 12.8. The summed E-state index contributed by atoms with van der Waals surface area (Å²) in [4.78, 5) is 11.6. The average molecular weight is 297 g/mol. The molecule has 0 saturated carbocycles. The van der Waals surface area contributed by atoms with Crippen LogP contribution in [-0.2, 0) is 4.79 Å². The lowest BCUT2D eigenvalue weighted by Crippen LogP contribution is -2.35. The van der Waals surface area contributed by atoms with Gasteiger partial charge in [0.2, 0.25) is 5.91 Å². The number of hydrogen-bond donors (Lipinski definition) is 2. The van der Waals surface area contributed by atoms with E-state index in [1.807, 2.05) is 0 Å². The summed E-state index contributed by atoms with van der Waals surface area (Å²) >= 11 is 3.32. The molecule has 1 amide bonds. The van der Waals surface area contributed by atoms with E-state index in [0.29, 0.717) is 11.4 Å². The molecule has 0 radical (unpaired) electrons. The molecule has 1 rings (SSSR count). The lowest BCUT2D eigenvalue weighted by Gasteiger charge is -2.11. The van der Waals surface area contributed by atoms with E-state index in [0.717, 1.165) is 4.47 Å². The molecule has 0 saturated heterocycles. The Morgan fingerprint density at radius 1 is 1.71 bits per heavy atom. The predicted molar refractivity (Wildman–Crippen MR) is 70.7 cm³/mol. The van der Waals surface area contributed by atoms with Crippen molar-refractivity contribution in [3.05, 3.63) is 22.7 Å². The highest BCUT2D eigenvalue weighted by Gasteiger charge is 2.12. The number of ether oxygens (including phenoxy) is 1. The monoisotopic (exact) mass is 296 g/mol. The smallest absolute Gasteiger partial charge is 0.242 e. The van der Waals surface area contributed by atoms with Crippen LogP contribution in [0.3, 0.4) is 0 Å². The Labute approximate surface area is 109 Å². The highest BCUT2D eigenvalue weighted by atomic mass is 79.9. The number of rotatable bonds is 4. The van der Waals surface area contributed by atoms with Gasteiger partial charge >= 0.3 is 0 Å². The van der Waals surface area contributed by atoms with Crippen LogP contribution < -0.4 is 15.8 Å². The Morgan fingerprint density at radius 3 is 3.00 bits per heavy atom. The number of terminal acetylenes is 1. The maximum Gasteiger partial charge on any atom is 0.242 e. The molecule has 0 spiro atoms. The van der Waals surface area contributed by atoms with Crippen LogP contribution in [0.1, 0.15) is 6.42 Å². The van der Waals surface area contributed by atoms with Crippen LogP contribution >= 0.6 is 15.9 Å². The minimum atomic E-state index is -0.699. The van der Waals surface area contributed by atoms with E-state index in [-0.39, 0.29) is 12.3 Å². The van der Waals surface area contributed by atoms with Crippen molar-refractivity contribution in [2.45, 2.75) is 12.5 Å². The van der Waals surface area contributed by atoms with Gasteiger partial charge in [-0.3, -0.25) is 4.79 Å². The third-order valence-corrected chi connectivity index (χ3v) is 2.75. The predicted octanol–water partition coefficient (Wildman–Crippen LogP) is 1.75. The largest absolute Gasteiger partial charge is 0.495 e. The van der Waals surface area contributed by atoms with Gasteiger partial charge in [-0.05, 0) is 28.1 Å². The quantitative estimate of drug-likeness (QED) is 0.832. The number of halogens is 1. The summed E-state index contributed by atoms with van der Waals surface area (Å²) < 4.78 is 5.92. The summed E-state index contributed by atoms with van der Waals surface area (Å²) in [5.41, 5.74) is 6.19. The van der Waals surface area contributed by atoms with Gasteiger partial charge in [0.05, 0.1) is 17.6 Å². The first-order chi connectivity index (χ1) is 8.08. The van der Waals surface area contributed by atoms with Crippen molar-refractivity contribution in [1.29, 1.82) is 0 Å². The summed E-state index contributed by atoms with van der Waals surface area (Å²) in [6, 6.07) is 4.52. The minimum absolute atomic E-state index is 0.208. The van der Waals surface area contributed by atoms with Gasteiger partial charge in [-0.2, -0.15) is 0 Å². The summed E-state index contributed by atoms with van der Waals surface area (Å²) in [6.07, 6.45) is 5.30. The Hall–Kier alpha value is -1.51. The number of carbonyl (C=O) groups excluding carboxylic acids is 1. The molecule has 5 heteroatoms. The van der Waals surface area contributed by atoms with Crippen molar-refractivity contribution in [2.75, 3.05) is 12.4 Å². The van der Waals surface area contributed by atoms with Gasteiger partial charge in [-0.25, -0.2) is 0 Å². The number of nitrogens with one attached hydrogen (secondary N) is 1. The van der Waals surface area contributed by atoms with Gasteiger partial charge in [0.25, 0.3) is 0 Å². The van der Waals surface area contributed by atoms with E-state index < -0.39 is 6.04 Å². The first kappa shape index (κ1) is 13.6. The van der Waals surface area contributed by atoms with Crippen molar-refractivity contribution >= 4 is 27.5 Å². The zero-order valence-electron chi connectivity index (χ0n) is 9.37. The molecule has 90 valence electrons. The number of anilines is 1. The Bertz CT molecular complexity index is 454. The first-order valence-corrected chi connectivity index (χ1v) is 5.71. The molecule has 3 N–H and O–H groups in total. The Kier molecular flexibility index (Phi) is 5.01. The van der Waals surface area contributed by atoms with Crippen molar-refractivity contribution in [3.8, 4) is 18.1 Å². The molecule has 0 heterocycles. The number of carbonyl (C=O) groups is 1. The van der Waals surface area contributed by atoms with Gasteiger partial charge in [0.1, 0.15) is 5.75 Å². The first-order valence-electron chi connectivity index (χ1n) is 4.92. The SMILES string of the molecule is C#CCC(N)C(=O)Nc1ccc(Br)c(OC)c1. The van der Waals surface area contributed by atoms with E-state index in [1.54, 1.807) is 25.3 Å². The van der Waals surface area contributed by atoms with Crippen LogP contribution in [0.15, 0.2) is 22.7 Å². The van der Waals surface area contributed by atoms with Crippen molar-refractivity contribution in [2.24, 2.45) is 5.73 Å². The third kappa shape index (κ3) is 3.77. The third-order valence-electron chi connectivity index (χ3n) is 2.09. The fraction of sp³-hybridized carbons (Fsp3) is 0.250. The van der Waals surface area contributed by atoms with Gasteiger partial charge < -0.3 is 15.8 Å². The number of benzene rings is 1. The summed E-state index contributed by atoms with van der Waals surface area (Å²) in [6.45, 7) is 0. The second kappa shape index (κ2) is 6.28. The van der Waals surface area contributed by atoms with E-state index in [4.69, 9.17) is 16.9 Å². The van der Waals surface area contributed by atoms with Crippen LogP contribution in [0.2, 0.25) is 0 Å². The molecular weight excluding hydrogens is 284 g/mol. The topological polar surface area (TPSA) is 64.4 Å².